The van der Waals surface area contributed by atoms with E-state index in [-0.39, 0.29) is 16.9 Å². The van der Waals surface area contributed by atoms with E-state index in [2.05, 4.69) is 14.8 Å². The van der Waals surface area contributed by atoms with Gasteiger partial charge in [0.25, 0.3) is 0 Å². The molecule has 0 amide bonds. The first-order valence-electron chi connectivity index (χ1n) is 5.90. The second kappa shape index (κ2) is 7.16. The van der Waals surface area contributed by atoms with Crippen molar-refractivity contribution in [2.45, 2.75) is 6.92 Å². The Morgan fingerprint density at radius 1 is 1.32 bits per heavy atom. The van der Waals surface area contributed by atoms with Gasteiger partial charge in [0, 0.05) is 17.3 Å². The summed E-state index contributed by atoms with van der Waals surface area (Å²) >= 11 is 0. The standard InChI is InChI=1S/C13H13FN2O6/c1-7-8(4-5-10(12(7)14)16(19)20)15-9(13(18)22-3)6-11(17)21-2/h4-6,15H,1-3H3/b9-6+. The Morgan fingerprint density at radius 2 is 1.95 bits per heavy atom. The number of hydrogen-bond acceptors (Lipinski definition) is 7. The Labute approximate surface area is 124 Å². The summed E-state index contributed by atoms with van der Waals surface area (Å²) < 4.78 is 22.7. The molecule has 0 radical (unpaired) electrons. The first-order chi connectivity index (χ1) is 10.3. The quantitative estimate of drug-likeness (QED) is 0.381. The van der Waals surface area contributed by atoms with Gasteiger partial charge in [0.2, 0.25) is 5.82 Å². The number of benzene rings is 1. The fraction of sp³-hybridized carbons (Fsp3) is 0.231. The molecule has 1 N–H and O–H groups in total. The third kappa shape index (κ3) is 3.78. The number of esters is 2. The minimum absolute atomic E-state index is 0.0728. The SMILES string of the molecule is COC(=O)/C=C(/Nc1ccc([N+](=O)[O-])c(F)c1C)C(=O)OC. The number of hydrogen-bond donors (Lipinski definition) is 1. The molecule has 1 rings (SSSR count). The molecule has 0 spiro atoms. The molecule has 22 heavy (non-hydrogen) atoms. The summed E-state index contributed by atoms with van der Waals surface area (Å²) in [6, 6.07) is 2.16. The van der Waals surface area contributed by atoms with Crippen LogP contribution in [0.5, 0.6) is 0 Å². The van der Waals surface area contributed by atoms with Crippen LogP contribution in [0, 0.1) is 22.9 Å². The van der Waals surface area contributed by atoms with Crippen molar-refractivity contribution in [2.75, 3.05) is 19.5 Å². The van der Waals surface area contributed by atoms with Crippen LogP contribution in [0.2, 0.25) is 0 Å². The smallest absolute Gasteiger partial charge is 0.354 e. The van der Waals surface area contributed by atoms with Crippen LogP contribution < -0.4 is 5.32 Å². The van der Waals surface area contributed by atoms with Gasteiger partial charge in [-0.05, 0) is 13.0 Å². The third-order valence-electron chi connectivity index (χ3n) is 2.70. The Hall–Kier alpha value is -2.97. The number of carbonyl (C=O) groups excluding carboxylic acids is 2. The molecule has 0 saturated carbocycles. The Bertz CT molecular complexity index is 656. The molecule has 9 heteroatoms. The highest BCUT2D eigenvalue weighted by molar-refractivity contribution is 5.98. The molecule has 0 aliphatic heterocycles. The van der Waals surface area contributed by atoms with Gasteiger partial charge in [0.15, 0.2) is 0 Å². The Balaban J connectivity index is 3.22. The molecule has 0 unspecified atom stereocenters. The molecular formula is C13H13FN2O6. The Kier molecular flexibility index (Phi) is 5.56. The molecule has 0 aliphatic rings. The van der Waals surface area contributed by atoms with Crippen molar-refractivity contribution >= 4 is 23.3 Å². The van der Waals surface area contributed by atoms with Crippen LogP contribution in [0.25, 0.3) is 0 Å². The van der Waals surface area contributed by atoms with E-state index >= 15 is 0 Å². The summed E-state index contributed by atoms with van der Waals surface area (Å²) in [5.41, 5.74) is -1.01. The van der Waals surface area contributed by atoms with Crippen LogP contribution in [0.15, 0.2) is 23.9 Å². The van der Waals surface area contributed by atoms with Gasteiger partial charge in [0.05, 0.1) is 25.2 Å². The summed E-state index contributed by atoms with van der Waals surface area (Å²) in [5, 5.41) is 13.1. The van der Waals surface area contributed by atoms with Crippen molar-refractivity contribution in [3.05, 3.63) is 45.4 Å². The number of nitro benzene ring substituents is 1. The molecule has 0 atom stereocenters. The van der Waals surface area contributed by atoms with E-state index in [4.69, 9.17) is 0 Å². The summed E-state index contributed by atoms with van der Waals surface area (Å²) in [4.78, 5) is 32.6. The third-order valence-corrected chi connectivity index (χ3v) is 2.70. The van der Waals surface area contributed by atoms with Crippen LogP contribution in [0.3, 0.4) is 0 Å². The zero-order valence-electron chi connectivity index (χ0n) is 12.0. The fourth-order valence-corrected chi connectivity index (χ4v) is 1.53. The van der Waals surface area contributed by atoms with Gasteiger partial charge in [-0.2, -0.15) is 4.39 Å². The summed E-state index contributed by atoms with van der Waals surface area (Å²) in [5.74, 6) is -2.76. The van der Waals surface area contributed by atoms with Crippen molar-refractivity contribution in [3.8, 4) is 0 Å². The molecule has 0 heterocycles. The second-order valence-electron chi connectivity index (χ2n) is 4.03. The molecule has 118 valence electrons. The minimum Gasteiger partial charge on any atom is -0.466 e. The molecule has 0 fully saturated rings. The average molecular weight is 312 g/mol. The van der Waals surface area contributed by atoms with E-state index < -0.39 is 28.4 Å². The second-order valence-corrected chi connectivity index (χ2v) is 4.03. The minimum atomic E-state index is -1.04. The zero-order valence-corrected chi connectivity index (χ0v) is 12.0. The van der Waals surface area contributed by atoms with Crippen LogP contribution >= 0.6 is 0 Å². The summed E-state index contributed by atoms with van der Waals surface area (Å²) in [6.45, 7) is 1.29. The number of carbonyl (C=O) groups is 2. The fourth-order valence-electron chi connectivity index (χ4n) is 1.53. The van der Waals surface area contributed by atoms with Gasteiger partial charge in [-0.25, -0.2) is 9.59 Å². The summed E-state index contributed by atoms with van der Waals surface area (Å²) in [7, 11) is 2.21. The van der Waals surface area contributed by atoms with Crippen molar-refractivity contribution < 1.29 is 28.4 Å². The Morgan fingerprint density at radius 3 is 2.45 bits per heavy atom. The van der Waals surface area contributed by atoms with E-state index in [0.717, 1.165) is 26.4 Å². The number of anilines is 1. The molecular weight excluding hydrogens is 299 g/mol. The van der Waals surface area contributed by atoms with Gasteiger partial charge in [-0.3, -0.25) is 10.1 Å². The normalized spacial score (nSPS) is 10.8. The first kappa shape index (κ1) is 17.1. The molecule has 0 saturated heterocycles. The largest absolute Gasteiger partial charge is 0.466 e. The lowest BCUT2D eigenvalue weighted by molar-refractivity contribution is -0.387. The predicted octanol–water partition coefficient (Wildman–Crippen LogP) is 1.68. The van der Waals surface area contributed by atoms with E-state index in [1.165, 1.54) is 13.0 Å². The highest BCUT2D eigenvalue weighted by atomic mass is 19.1. The maximum absolute atomic E-state index is 13.9. The van der Waals surface area contributed by atoms with Gasteiger partial charge in [-0.1, -0.05) is 0 Å². The number of halogens is 1. The van der Waals surface area contributed by atoms with E-state index in [0.29, 0.717) is 0 Å². The molecule has 8 nitrogen and oxygen atoms in total. The van der Waals surface area contributed by atoms with Crippen LogP contribution in [-0.4, -0.2) is 31.1 Å². The number of ether oxygens (including phenoxy) is 2. The van der Waals surface area contributed by atoms with Crippen LogP contribution in [-0.2, 0) is 19.1 Å². The number of methoxy groups -OCH3 is 2. The van der Waals surface area contributed by atoms with E-state index in [1.54, 1.807) is 0 Å². The summed E-state index contributed by atoms with van der Waals surface area (Å²) in [6.07, 6.45) is 0.824. The molecule has 1 aromatic carbocycles. The molecule has 0 aromatic heterocycles. The molecule has 1 aromatic rings. The average Bonchev–Trinajstić information content (AvgIpc) is 2.49. The lowest BCUT2D eigenvalue weighted by atomic mass is 10.1. The topological polar surface area (TPSA) is 108 Å². The van der Waals surface area contributed by atoms with E-state index in [1.807, 2.05) is 0 Å². The lowest BCUT2D eigenvalue weighted by Crippen LogP contribution is -2.16. The maximum Gasteiger partial charge on any atom is 0.354 e. The number of nitrogens with one attached hydrogen (secondary N) is 1. The molecule has 0 aliphatic carbocycles. The van der Waals surface area contributed by atoms with Gasteiger partial charge < -0.3 is 14.8 Å². The lowest BCUT2D eigenvalue weighted by Gasteiger charge is -2.12. The predicted molar refractivity (Wildman–Crippen MR) is 73.5 cm³/mol. The van der Waals surface area contributed by atoms with Gasteiger partial charge >= 0.3 is 17.6 Å². The van der Waals surface area contributed by atoms with Crippen LogP contribution in [0.4, 0.5) is 15.8 Å². The van der Waals surface area contributed by atoms with Crippen LogP contribution in [0.1, 0.15) is 5.56 Å². The van der Waals surface area contributed by atoms with Gasteiger partial charge in [-0.15, -0.1) is 0 Å². The van der Waals surface area contributed by atoms with Gasteiger partial charge in [0.1, 0.15) is 5.70 Å². The van der Waals surface area contributed by atoms with Crippen molar-refractivity contribution in [2.24, 2.45) is 0 Å². The highest BCUT2D eigenvalue weighted by Gasteiger charge is 2.20. The van der Waals surface area contributed by atoms with Crippen molar-refractivity contribution in [1.82, 2.24) is 0 Å². The number of nitro groups is 1. The van der Waals surface area contributed by atoms with Crippen molar-refractivity contribution in [1.29, 1.82) is 0 Å². The first-order valence-corrected chi connectivity index (χ1v) is 5.90. The highest BCUT2D eigenvalue weighted by Crippen LogP contribution is 2.27. The maximum atomic E-state index is 13.9. The van der Waals surface area contributed by atoms with Crippen molar-refractivity contribution in [3.63, 3.8) is 0 Å². The number of nitrogens with zero attached hydrogens (tertiary/aromatic N) is 1. The molecule has 0 bridgehead atoms. The monoisotopic (exact) mass is 312 g/mol. The van der Waals surface area contributed by atoms with E-state index in [9.17, 15) is 24.1 Å². The zero-order chi connectivity index (χ0) is 16.9. The number of rotatable bonds is 5.